The number of halogens is 1. The fraction of sp³-hybridized carbons (Fsp3) is 0.192. The lowest BCUT2D eigenvalue weighted by molar-refractivity contribution is -0.123. The smallest absolute Gasteiger partial charge is 0.343 e. The highest BCUT2D eigenvalue weighted by Crippen LogP contribution is 2.36. The lowest BCUT2D eigenvalue weighted by Gasteiger charge is -2.12. The van der Waals surface area contributed by atoms with Gasteiger partial charge in [-0.15, -0.1) is 0 Å². The van der Waals surface area contributed by atoms with Gasteiger partial charge in [-0.25, -0.2) is 10.2 Å². The molecular formula is C26H25BrN2O5. The summed E-state index contributed by atoms with van der Waals surface area (Å²) in [6, 6.07) is 16.2. The predicted octanol–water partition coefficient (Wildman–Crippen LogP) is 5.13. The van der Waals surface area contributed by atoms with Gasteiger partial charge in [0.15, 0.2) is 18.1 Å². The summed E-state index contributed by atoms with van der Waals surface area (Å²) < 4.78 is 17.0. The van der Waals surface area contributed by atoms with Crippen molar-refractivity contribution >= 4 is 34.0 Å². The Bertz CT molecular complexity index is 1220. The number of benzene rings is 3. The van der Waals surface area contributed by atoms with E-state index in [1.165, 1.54) is 13.3 Å². The lowest BCUT2D eigenvalue weighted by Crippen LogP contribution is -2.24. The van der Waals surface area contributed by atoms with Crippen LogP contribution in [0.1, 0.15) is 32.6 Å². The average Bonchev–Trinajstić information content (AvgIpc) is 2.80. The number of hydrazone groups is 1. The molecule has 3 aromatic carbocycles. The van der Waals surface area contributed by atoms with Gasteiger partial charge < -0.3 is 14.2 Å². The first-order valence-corrected chi connectivity index (χ1v) is 11.2. The molecule has 1 amide bonds. The van der Waals surface area contributed by atoms with E-state index in [2.05, 4.69) is 26.5 Å². The molecule has 176 valence electrons. The number of esters is 1. The number of carbonyl (C=O) groups is 2. The fourth-order valence-electron chi connectivity index (χ4n) is 3.07. The van der Waals surface area contributed by atoms with E-state index in [0.717, 1.165) is 16.7 Å². The summed E-state index contributed by atoms with van der Waals surface area (Å²) in [6.07, 6.45) is 1.45. The minimum absolute atomic E-state index is 0.165. The van der Waals surface area contributed by atoms with Crippen LogP contribution in [0.5, 0.6) is 17.2 Å². The van der Waals surface area contributed by atoms with Crippen molar-refractivity contribution in [1.29, 1.82) is 0 Å². The number of carbonyl (C=O) groups excluding carboxylic acids is 2. The van der Waals surface area contributed by atoms with Crippen molar-refractivity contribution in [3.05, 3.63) is 86.9 Å². The summed E-state index contributed by atoms with van der Waals surface area (Å²) in [7, 11) is 1.47. The van der Waals surface area contributed by atoms with Crippen molar-refractivity contribution in [2.75, 3.05) is 13.7 Å². The Hall–Kier alpha value is -3.65. The van der Waals surface area contributed by atoms with Gasteiger partial charge in [-0.1, -0.05) is 35.4 Å². The van der Waals surface area contributed by atoms with Crippen LogP contribution in [-0.2, 0) is 4.79 Å². The van der Waals surface area contributed by atoms with E-state index in [1.54, 1.807) is 24.3 Å². The van der Waals surface area contributed by atoms with Crippen LogP contribution in [0.3, 0.4) is 0 Å². The van der Waals surface area contributed by atoms with Crippen LogP contribution in [0.15, 0.2) is 64.2 Å². The van der Waals surface area contributed by atoms with Crippen LogP contribution in [0.25, 0.3) is 0 Å². The summed E-state index contributed by atoms with van der Waals surface area (Å²) in [5.74, 6) is 0.327. The average molecular weight is 525 g/mol. The lowest BCUT2D eigenvalue weighted by atomic mass is 10.1. The van der Waals surface area contributed by atoms with E-state index in [0.29, 0.717) is 27.1 Å². The Morgan fingerprint density at radius 1 is 0.971 bits per heavy atom. The molecule has 0 aliphatic heterocycles. The summed E-state index contributed by atoms with van der Waals surface area (Å²) in [6.45, 7) is 5.69. The molecule has 0 spiro atoms. The minimum atomic E-state index is -0.503. The molecule has 34 heavy (non-hydrogen) atoms. The molecule has 8 heteroatoms. The Morgan fingerprint density at radius 3 is 2.35 bits per heavy atom. The Balaban J connectivity index is 1.62. The number of ether oxygens (including phenoxy) is 3. The van der Waals surface area contributed by atoms with Crippen molar-refractivity contribution in [1.82, 2.24) is 5.43 Å². The third-order valence-corrected chi connectivity index (χ3v) is 5.41. The Labute approximate surface area is 206 Å². The molecule has 0 saturated carbocycles. The summed E-state index contributed by atoms with van der Waals surface area (Å²) in [5, 5.41) is 3.96. The van der Waals surface area contributed by atoms with E-state index < -0.39 is 11.9 Å². The molecule has 3 aromatic rings. The second kappa shape index (κ2) is 11.5. The van der Waals surface area contributed by atoms with Crippen molar-refractivity contribution in [2.45, 2.75) is 20.8 Å². The van der Waals surface area contributed by atoms with E-state index >= 15 is 0 Å². The number of hydrogen-bond acceptors (Lipinski definition) is 6. The van der Waals surface area contributed by atoms with Gasteiger partial charge in [-0.3, -0.25) is 4.79 Å². The van der Waals surface area contributed by atoms with Gasteiger partial charge in [-0.05, 0) is 78.2 Å². The van der Waals surface area contributed by atoms with Crippen LogP contribution in [-0.4, -0.2) is 31.8 Å². The molecule has 0 bridgehead atoms. The number of methoxy groups -OCH3 is 1. The highest BCUT2D eigenvalue weighted by atomic mass is 79.9. The van der Waals surface area contributed by atoms with Crippen molar-refractivity contribution < 1.29 is 23.8 Å². The summed E-state index contributed by atoms with van der Waals surface area (Å²) in [4.78, 5) is 24.6. The molecular weight excluding hydrogens is 500 g/mol. The predicted molar refractivity (Wildman–Crippen MR) is 134 cm³/mol. The molecule has 1 N–H and O–H groups in total. The molecule has 0 aliphatic rings. The normalized spacial score (nSPS) is 10.7. The van der Waals surface area contributed by atoms with E-state index in [1.807, 2.05) is 51.1 Å². The fourth-order valence-corrected chi connectivity index (χ4v) is 3.61. The maximum atomic E-state index is 12.5. The van der Waals surface area contributed by atoms with Crippen LogP contribution >= 0.6 is 15.9 Å². The molecule has 0 radical (unpaired) electrons. The first-order valence-electron chi connectivity index (χ1n) is 10.4. The summed E-state index contributed by atoms with van der Waals surface area (Å²) in [5.41, 5.74) is 6.59. The topological polar surface area (TPSA) is 86.2 Å². The van der Waals surface area contributed by atoms with Gasteiger partial charge in [0, 0.05) is 0 Å². The third-order valence-electron chi connectivity index (χ3n) is 4.83. The Morgan fingerprint density at radius 2 is 1.68 bits per heavy atom. The molecule has 0 saturated heterocycles. The van der Waals surface area contributed by atoms with E-state index in [4.69, 9.17) is 14.2 Å². The number of amides is 1. The van der Waals surface area contributed by atoms with Gasteiger partial charge in [0.2, 0.25) is 0 Å². The third kappa shape index (κ3) is 6.68. The van der Waals surface area contributed by atoms with E-state index in [-0.39, 0.29) is 12.4 Å². The largest absolute Gasteiger partial charge is 0.493 e. The number of rotatable bonds is 8. The number of nitrogens with one attached hydrogen (secondary N) is 1. The number of aryl methyl sites for hydroxylation is 3. The molecule has 0 unspecified atom stereocenters. The van der Waals surface area contributed by atoms with E-state index in [9.17, 15) is 9.59 Å². The quantitative estimate of drug-likeness (QED) is 0.191. The number of hydrogen-bond donors (Lipinski definition) is 1. The zero-order valence-electron chi connectivity index (χ0n) is 19.3. The molecule has 0 fully saturated rings. The van der Waals surface area contributed by atoms with Crippen LogP contribution in [0.2, 0.25) is 0 Å². The molecule has 0 aromatic heterocycles. The second-order valence-corrected chi connectivity index (χ2v) is 8.49. The van der Waals surface area contributed by atoms with Gasteiger partial charge in [0.1, 0.15) is 5.75 Å². The Kier molecular flexibility index (Phi) is 8.43. The van der Waals surface area contributed by atoms with Gasteiger partial charge >= 0.3 is 5.97 Å². The molecule has 3 rings (SSSR count). The minimum Gasteiger partial charge on any atom is -0.493 e. The maximum Gasteiger partial charge on any atom is 0.343 e. The van der Waals surface area contributed by atoms with Crippen molar-refractivity contribution in [2.24, 2.45) is 5.10 Å². The highest BCUT2D eigenvalue weighted by molar-refractivity contribution is 9.10. The monoisotopic (exact) mass is 524 g/mol. The molecule has 0 atom stereocenters. The van der Waals surface area contributed by atoms with Crippen molar-refractivity contribution in [3.8, 4) is 17.2 Å². The van der Waals surface area contributed by atoms with Crippen molar-refractivity contribution in [3.63, 3.8) is 0 Å². The SMILES string of the molecule is COc1cc(/C=N/NC(=O)COc2ccc(C)cc2C)cc(Br)c1OC(=O)c1ccc(C)cc1. The van der Waals surface area contributed by atoms with Gasteiger partial charge in [-0.2, -0.15) is 5.10 Å². The first kappa shape index (κ1) is 25.0. The molecule has 0 aliphatic carbocycles. The summed E-state index contributed by atoms with van der Waals surface area (Å²) >= 11 is 3.41. The van der Waals surface area contributed by atoms with Crippen LogP contribution in [0, 0.1) is 20.8 Å². The van der Waals surface area contributed by atoms with Crippen LogP contribution < -0.4 is 19.6 Å². The highest BCUT2D eigenvalue weighted by Gasteiger charge is 2.17. The van der Waals surface area contributed by atoms with Gasteiger partial charge in [0.25, 0.3) is 5.91 Å². The standard InChI is InChI=1S/C26H25BrN2O5/c1-16-5-8-20(9-6-16)26(31)34-25-21(27)12-19(13-23(25)32-4)14-28-29-24(30)15-33-22-10-7-17(2)11-18(22)3/h5-14H,15H2,1-4H3,(H,29,30)/b28-14+. The molecule has 7 nitrogen and oxygen atoms in total. The zero-order valence-corrected chi connectivity index (χ0v) is 20.9. The molecule has 0 heterocycles. The zero-order chi connectivity index (χ0) is 24.7. The second-order valence-electron chi connectivity index (χ2n) is 7.64. The van der Waals surface area contributed by atoms with Crippen LogP contribution in [0.4, 0.5) is 0 Å². The van der Waals surface area contributed by atoms with Gasteiger partial charge in [0.05, 0.1) is 23.4 Å². The first-order chi connectivity index (χ1) is 16.3. The maximum absolute atomic E-state index is 12.5. The number of nitrogens with zero attached hydrogens (tertiary/aromatic N) is 1.